The van der Waals surface area contributed by atoms with E-state index in [4.69, 9.17) is 5.14 Å². The number of primary sulfonamides is 1. The quantitative estimate of drug-likeness (QED) is 0.538. The van der Waals surface area contributed by atoms with E-state index in [1.165, 1.54) is 43.4 Å². The molecule has 1 heterocycles. The maximum absolute atomic E-state index is 12.3. The van der Waals surface area contributed by atoms with Gasteiger partial charge in [0.1, 0.15) is 4.21 Å². The average molecular weight is 429 g/mol. The van der Waals surface area contributed by atoms with Gasteiger partial charge in [-0.2, -0.15) is 0 Å². The second-order valence-corrected chi connectivity index (χ2v) is 10.9. The van der Waals surface area contributed by atoms with Gasteiger partial charge in [0, 0.05) is 28.2 Å². The first-order valence-corrected chi connectivity index (χ1v) is 12.7. The summed E-state index contributed by atoms with van der Waals surface area (Å²) in [5.41, 5.74) is 2.77. The van der Waals surface area contributed by atoms with Crippen LogP contribution in [0.2, 0.25) is 0 Å². The van der Waals surface area contributed by atoms with Crippen LogP contribution in [0.4, 0.5) is 0 Å². The van der Waals surface area contributed by atoms with E-state index >= 15 is 0 Å². The highest BCUT2D eigenvalue weighted by atomic mass is 32.2. The maximum atomic E-state index is 12.3. The van der Waals surface area contributed by atoms with Crippen molar-refractivity contribution in [3.05, 3.63) is 54.1 Å². The van der Waals surface area contributed by atoms with Crippen LogP contribution in [0.1, 0.15) is 44.6 Å². The van der Waals surface area contributed by atoms with Gasteiger partial charge in [-0.15, -0.1) is 11.3 Å². The summed E-state index contributed by atoms with van der Waals surface area (Å²) in [6.07, 6.45) is 6.62. The van der Waals surface area contributed by atoms with Gasteiger partial charge in [-0.25, -0.2) is 13.6 Å². The zero-order valence-corrected chi connectivity index (χ0v) is 18.4. The lowest BCUT2D eigenvalue weighted by atomic mass is 9.97. The SMILES string of the molecule is C[C@@H](CC1CCCC1)NCc1ccccc1-c1c(S(N)(=O)=O)sc2ccccc12. The summed E-state index contributed by atoms with van der Waals surface area (Å²) >= 11 is 1.25. The second kappa shape index (κ2) is 8.56. The van der Waals surface area contributed by atoms with E-state index in [1.54, 1.807) is 0 Å². The molecule has 4 rings (SSSR count). The largest absolute Gasteiger partial charge is 0.310 e. The molecule has 0 amide bonds. The Balaban J connectivity index is 1.66. The van der Waals surface area contributed by atoms with Gasteiger partial charge in [-0.3, -0.25) is 0 Å². The van der Waals surface area contributed by atoms with Crippen molar-refractivity contribution in [3.8, 4) is 11.1 Å². The zero-order chi connectivity index (χ0) is 20.4. The Labute approximate surface area is 177 Å². The Morgan fingerprint density at radius 2 is 1.79 bits per heavy atom. The van der Waals surface area contributed by atoms with Crippen molar-refractivity contribution in [2.24, 2.45) is 11.1 Å². The van der Waals surface area contributed by atoms with Crippen molar-refractivity contribution in [2.45, 2.75) is 55.8 Å². The van der Waals surface area contributed by atoms with Gasteiger partial charge in [0.15, 0.2) is 0 Å². The minimum Gasteiger partial charge on any atom is -0.310 e. The predicted molar refractivity (Wildman–Crippen MR) is 122 cm³/mol. The Morgan fingerprint density at radius 3 is 2.55 bits per heavy atom. The molecule has 1 aliphatic carbocycles. The van der Waals surface area contributed by atoms with E-state index in [0.29, 0.717) is 12.6 Å². The van der Waals surface area contributed by atoms with Crippen LogP contribution >= 0.6 is 11.3 Å². The number of rotatable bonds is 7. The summed E-state index contributed by atoms with van der Waals surface area (Å²) in [4.78, 5) is 0. The van der Waals surface area contributed by atoms with Crippen molar-refractivity contribution in [3.63, 3.8) is 0 Å². The molecule has 0 spiro atoms. The van der Waals surface area contributed by atoms with Gasteiger partial charge in [0.25, 0.3) is 0 Å². The van der Waals surface area contributed by atoms with Crippen LogP contribution in [0.25, 0.3) is 21.2 Å². The molecule has 3 aromatic rings. The first-order chi connectivity index (χ1) is 13.9. The minimum atomic E-state index is -3.81. The van der Waals surface area contributed by atoms with Crippen LogP contribution in [0.15, 0.2) is 52.7 Å². The summed E-state index contributed by atoms with van der Waals surface area (Å²) in [6, 6.07) is 16.3. The topological polar surface area (TPSA) is 72.2 Å². The van der Waals surface area contributed by atoms with Crippen LogP contribution in [-0.4, -0.2) is 14.5 Å². The third-order valence-corrected chi connectivity index (χ3v) is 8.54. The van der Waals surface area contributed by atoms with Crippen LogP contribution < -0.4 is 10.5 Å². The number of benzene rings is 2. The highest BCUT2D eigenvalue weighted by Gasteiger charge is 2.23. The second-order valence-electron chi connectivity index (χ2n) is 8.13. The van der Waals surface area contributed by atoms with E-state index in [2.05, 4.69) is 18.3 Å². The lowest BCUT2D eigenvalue weighted by Crippen LogP contribution is -2.27. The third kappa shape index (κ3) is 4.56. The molecule has 1 aromatic heterocycles. The van der Waals surface area contributed by atoms with Gasteiger partial charge in [0.2, 0.25) is 10.0 Å². The monoisotopic (exact) mass is 428 g/mol. The normalized spacial score (nSPS) is 16.5. The maximum Gasteiger partial charge on any atom is 0.248 e. The molecule has 2 aromatic carbocycles. The summed E-state index contributed by atoms with van der Waals surface area (Å²) in [5, 5.41) is 10.2. The molecule has 29 heavy (non-hydrogen) atoms. The molecule has 0 unspecified atom stereocenters. The standard InChI is InChI=1S/C23H28N2O2S2/c1-16(14-17-8-2-3-9-17)25-15-18-10-4-5-11-19(18)22-20-12-6-7-13-21(20)28-23(22)29(24,26)27/h4-7,10-13,16-17,25H,2-3,8-9,14-15H2,1H3,(H2,24,26,27)/t16-/m0/s1. The van der Waals surface area contributed by atoms with Crippen LogP contribution in [-0.2, 0) is 16.6 Å². The minimum absolute atomic E-state index is 0.241. The predicted octanol–water partition coefficient (Wildman–Crippen LogP) is 5.27. The Bertz CT molecular complexity index is 1100. The Kier molecular flexibility index (Phi) is 6.06. The smallest absolute Gasteiger partial charge is 0.248 e. The van der Waals surface area contributed by atoms with Gasteiger partial charge in [-0.05, 0) is 36.5 Å². The molecule has 3 N–H and O–H groups in total. The van der Waals surface area contributed by atoms with E-state index in [1.807, 2.05) is 42.5 Å². The van der Waals surface area contributed by atoms with E-state index in [0.717, 1.165) is 32.7 Å². The molecular formula is C23H28N2O2S2. The highest BCUT2D eigenvalue weighted by Crippen LogP contribution is 2.42. The number of thiophene rings is 1. The van der Waals surface area contributed by atoms with Crippen molar-refractivity contribution in [1.29, 1.82) is 0 Å². The van der Waals surface area contributed by atoms with Gasteiger partial charge >= 0.3 is 0 Å². The molecule has 6 heteroatoms. The first kappa shape index (κ1) is 20.5. The molecule has 0 aliphatic heterocycles. The van der Waals surface area contributed by atoms with Crippen LogP contribution in [0.5, 0.6) is 0 Å². The van der Waals surface area contributed by atoms with Crippen molar-refractivity contribution >= 4 is 31.4 Å². The molecule has 1 saturated carbocycles. The third-order valence-electron chi connectivity index (χ3n) is 5.91. The van der Waals surface area contributed by atoms with E-state index in [-0.39, 0.29) is 4.21 Å². The summed E-state index contributed by atoms with van der Waals surface area (Å²) < 4.78 is 25.9. The lowest BCUT2D eigenvalue weighted by Gasteiger charge is -2.19. The molecule has 1 atom stereocenters. The van der Waals surface area contributed by atoms with Crippen molar-refractivity contribution < 1.29 is 8.42 Å². The zero-order valence-electron chi connectivity index (χ0n) is 16.7. The summed E-state index contributed by atoms with van der Waals surface area (Å²) in [5.74, 6) is 0.836. The van der Waals surface area contributed by atoms with E-state index in [9.17, 15) is 8.42 Å². The Morgan fingerprint density at radius 1 is 1.10 bits per heavy atom. The fourth-order valence-corrected chi connectivity index (χ4v) is 6.70. The van der Waals surface area contributed by atoms with E-state index < -0.39 is 10.0 Å². The molecule has 1 aliphatic rings. The number of nitrogens with two attached hydrogens (primary N) is 1. The first-order valence-electron chi connectivity index (χ1n) is 10.3. The van der Waals surface area contributed by atoms with Gasteiger partial charge in [-0.1, -0.05) is 68.1 Å². The van der Waals surface area contributed by atoms with Crippen LogP contribution in [0.3, 0.4) is 0 Å². The van der Waals surface area contributed by atoms with Crippen LogP contribution in [0, 0.1) is 5.92 Å². The fraction of sp³-hybridized carbons (Fsp3) is 0.391. The number of hydrogen-bond acceptors (Lipinski definition) is 4. The molecule has 0 bridgehead atoms. The summed E-state index contributed by atoms with van der Waals surface area (Å²) in [6.45, 7) is 2.95. The average Bonchev–Trinajstić information content (AvgIpc) is 3.34. The summed E-state index contributed by atoms with van der Waals surface area (Å²) in [7, 11) is -3.81. The fourth-order valence-electron chi connectivity index (χ4n) is 4.51. The molecular weight excluding hydrogens is 400 g/mol. The Hall–Kier alpha value is -1.73. The number of hydrogen-bond donors (Lipinski definition) is 2. The van der Waals surface area contributed by atoms with Crippen molar-refractivity contribution in [1.82, 2.24) is 5.32 Å². The molecule has 0 saturated heterocycles. The molecule has 4 nitrogen and oxygen atoms in total. The molecule has 154 valence electrons. The number of sulfonamides is 1. The van der Waals surface area contributed by atoms with Gasteiger partial charge in [0.05, 0.1) is 0 Å². The van der Waals surface area contributed by atoms with Crippen molar-refractivity contribution in [2.75, 3.05) is 0 Å². The lowest BCUT2D eigenvalue weighted by molar-refractivity contribution is 0.404. The molecule has 0 radical (unpaired) electrons. The molecule has 1 fully saturated rings. The highest BCUT2D eigenvalue weighted by molar-refractivity contribution is 7.91. The van der Waals surface area contributed by atoms with Gasteiger partial charge < -0.3 is 5.32 Å². The number of nitrogens with one attached hydrogen (secondary N) is 1. The number of fused-ring (bicyclic) bond motifs is 1.